The van der Waals surface area contributed by atoms with Crippen LogP contribution in [0.3, 0.4) is 0 Å². The lowest BCUT2D eigenvalue weighted by Crippen LogP contribution is -2.13. The molecule has 3 aromatic heterocycles. The van der Waals surface area contributed by atoms with E-state index >= 15 is 0 Å². The Hall–Kier alpha value is -3.16. The van der Waals surface area contributed by atoms with Crippen molar-refractivity contribution in [2.75, 3.05) is 0 Å². The monoisotopic (exact) mass is 271 g/mol. The predicted molar refractivity (Wildman–Crippen MR) is 67.8 cm³/mol. The van der Waals surface area contributed by atoms with Crippen LogP contribution in [0.15, 0.2) is 36.7 Å². The summed E-state index contributed by atoms with van der Waals surface area (Å²) in [6.07, 6.45) is 3.03. The van der Waals surface area contributed by atoms with Crippen LogP contribution in [0.25, 0.3) is 11.5 Å². The van der Waals surface area contributed by atoms with E-state index in [4.69, 9.17) is 5.73 Å². The highest BCUT2D eigenvalue weighted by Gasteiger charge is 2.21. The molecule has 0 radical (unpaired) electrons. The van der Waals surface area contributed by atoms with E-state index in [9.17, 15) is 14.7 Å². The number of nitrogens with zero attached hydrogens (tertiary/aromatic N) is 4. The quantitative estimate of drug-likeness (QED) is 0.711. The number of imidazole rings is 1. The lowest BCUT2D eigenvalue weighted by atomic mass is 10.4. The van der Waals surface area contributed by atoms with E-state index in [1.54, 1.807) is 24.4 Å². The second-order valence-electron chi connectivity index (χ2n) is 4.03. The Morgan fingerprint density at radius 3 is 2.65 bits per heavy atom. The van der Waals surface area contributed by atoms with Gasteiger partial charge >= 0.3 is 5.97 Å². The number of primary amides is 1. The Morgan fingerprint density at radius 1 is 1.20 bits per heavy atom. The van der Waals surface area contributed by atoms with Gasteiger partial charge in [0, 0.05) is 12.4 Å². The van der Waals surface area contributed by atoms with Gasteiger partial charge < -0.3 is 10.8 Å². The van der Waals surface area contributed by atoms with Crippen LogP contribution in [0.5, 0.6) is 0 Å². The summed E-state index contributed by atoms with van der Waals surface area (Å²) in [6, 6.07) is 6.52. The Labute approximate surface area is 112 Å². The summed E-state index contributed by atoms with van der Waals surface area (Å²) in [5.41, 5.74) is 5.59. The second-order valence-corrected chi connectivity index (χ2v) is 4.03. The molecule has 0 fully saturated rings. The van der Waals surface area contributed by atoms with Gasteiger partial charge in [-0.15, -0.1) is 0 Å². The zero-order chi connectivity index (χ0) is 14.3. The molecule has 0 saturated heterocycles. The number of carboxylic acids is 1. The number of aromatic nitrogens is 4. The number of aromatic carboxylic acids is 1. The van der Waals surface area contributed by atoms with E-state index in [0.29, 0.717) is 5.65 Å². The van der Waals surface area contributed by atoms with Crippen LogP contribution in [0, 0.1) is 0 Å². The van der Waals surface area contributed by atoms with Gasteiger partial charge in [-0.05, 0) is 18.2 Å². The number of rotatable bonds is 3. The summed E-state index contributed by atoms with van der Waals surface area (Å²) in [7, 11) is 0. The van der Waals surface area contributed by atoms with E-state index in [1.165, 1.54) is 21.3 Å². The van der Waals surface area contributed by atoms with Crippen LogP contribution in [-0.4, -0.2) is 36.1 Å². The molecule has 100 valence electrons. The number of nitrogens with two attached hydrogens (primary N) is 1. The van der Waals surface area contributed by atoms with E-state index in [0.717, 1.165) is 0 Å². The molecule has 0 spiro atoms. The average Bonchev–Trinajstić information content (AvgIpc) is 3.02. The SMILES string of the molecule is NC(=O)c1ccn(-c2nc3ccccn3c2C(=O)O)n1. The molecule has 0 unspecified atom stereocenters. The summed E-state index contributed by atoms with van der Waals surface area (Å²) in [6.45, 7) is 0. The van der Waals surface area contributed by atoms with Gasteiger partial charge in [0.25, 0.3) is 5.91 Å². The van der Waals surface area contributed by atoms with Crippen molar-refractivity contribution in [1.29, 1.82) is 0 Å². The third-order valence-corrected chi connectivity index (χ3v) is 2.77. The largest absolute Gasteiger partial charge is 0.476 e. The summed E-state index contributed by atoms with van der Waals surface area (Å²) in [5, 5.41) is 13.3. The topological polar surface area (TPSA) is 116 Å². The number of carbonyl (C=O) groups is 2. The zero-order valence-electron chi connectivity index (χ0n) is 10.1. The fourth-order valence-corrected chi connectivity index (χ4v) is 1.92. The van der Waals surface area contributed by atoms with Crippen molar-refractivity contribution in [3.8, 4) is 5.82 Å². The van der Waals surface area contributed by atoms with Gasteiger partial charge in [-0.1, -0.05) is 6.07 Å². The first-order valence-corrected chi connectivity index (χ1v) is 5.64. The molecule has 20 heavy (non-hydrogen) atoms. The molecule has 0 atom stereocenters. The smallest absolute Gasteiger partial charge is 0.356 e. The molecule has 0 bridgehead atoms. The van der Waals surface area contributed by atoms with Crippen LogP contribution in [0.2, 0.25) is 0 Å². The van der Waals surface area contributed by atoms with E-state index in [2.05, 4.69) is 10.1 Å². The fourth-order valence-electron chi connectivity index (χ4n) is 1.92. The van der Waals surface area contributed by atoms with Crippen LogP contribution in [0.4, 0.5) is 0 Å². The minimum absolute atomic E-state index is 0.0402. The zero-order valence-corrected chi connectivity index (χ0v) is 10.1. The van der Waals surface area contributed by atoms with Gasteiger partial charge in [0.05, 0.1) is 0 Å². The Balaban J connectivity index is 2.26. The third kappa shape index (κ3) is 1.70. The molecule has 0 aliphatic heterocycles. The van der Waals surface area contributed by atoms with E-state index in [1.807, 2.05) is 0 Å². The van der Waals surface area contributed by atoms with E-state index in [-0.39, 0.29) is 17.2 Å². The van der Waals surface area contributed by atoms with Crippen molar-refractivity contribution in [2.24, 2.45) is 5.73 Å². The minimum Gasteiger partial charge on any atom is -0.476 e. The molecule has 8 heteroatoms. The van der Waals surface area contributed by atoms with Crippen LogP contribution in [-0.2, 0) is 0 Å². The first-order valence-electron chi connectivity index (χ1n) is 5.64. The highest BCUT2D eigenvalue weighted by molar-refractivity contribution is 5.92. The van der Waals surface area contributed by atoms with Crippen molar-refractivity contribution in [1.82, 2.24) is 19.2 Å². The second kappa shape index (κ2) is 4.19. The Kier molecular flexibility index (Phi) is 2.50. The summed E-state index contributed by atoms with van der Waals surface area (Å²) in [4.78, 5) is 26.7. The van der Waals surface area contributed by atoms with Gasteiger partial charge in [-0.25, -0.2) is 14.5 Å². The van der Waals surface area contributed by atoms with Crippen molar-refractivity contribution in [3.05, 3.63) is 48.0 Å². The molecular formula is C12H9N5O3. The number of pyridine rings is 1. The number of hydrogen-bond acceptors (Lipinski definition) is 4. The van der Waals surface area contributed by atoms with Crippen LogP contribution < -0.4 is 5.73 Å². The molecule has 3 aromatic rings. The molecule has 3 rings (SSSR count). The molecule has 0 aliphatic carbocycles. The van der Waals surface area contributed by atoms with Crippen molar-refractivity contribution >= 4 is 17.5 Å². The van der Waals surface area contributed by atoms with Crippen LogP contribution >= 0.6 is 0 Å². The summed E-state index contributed by atoms with van der Waals surface area (Å²) >= 11 is 0. The van der Waals surface area contributed by atoms with Gasteiger partial charge in [0.15, 0.2) is 11.5 Å². The van der Waals surface area contributed by atoms with Gasteiger partial charge in [0.1, 0.15) is 11.3 Å². The summed E-state index contributed by atoms with van der Waals surface area (Å²) < 4.78 is 2.65. The lowest BCUT2D eigenvalue weighted by molar-refractivity contribution is 0.0689. The number of fused-ring (bicyclic) bond motifs is 1. The molecular weight excluding hydrogens is 262 g/mol. The normalized spacial score (nSPS) is 10.8. The molecule has 3 N–H and O–H groups in total. The minimum atomic E-state index is -1.14. The van der Waals surface area contributed by atoms with Crippen molar-refractivity contribution < 1.29 is 14.7 Å². The molecule has 1 amide bonds. The van der Waals surface area contributed by atoms with Gasteiger partial charge in [0.2, 0.25) is 0 Å². The Bertz CT molecular complexity index is 833. The molecule has 0 saturated carbocycles. The summed E-state index contributed by atoms with van der Waals surface area (Å²) in [5.74, 6) is -1.71. The van der Waals surface area contributed by atoms with E-state index < -0.39 is 11.9 Å². The highest BCUT2D eigenvalue weighted by Crippen LogP contribution is 2.16. The number of hydrogen-bond donors (Lipinski definition) is 2. The molecule has 3 heterocycles. The number of carbonyl (C=O) groups excluding carboxylic acids is 1. The Morgan fingerprint density at radius 2 is 2.00 bits per heavy atom. The van der Waals surface area contributed by atoms with Gasteiger partial charge in [-0.2, -0.15) is 5.10 Å². The fraction of sp³-hybridized carbons (Fsp3) is 0. The van der Waals surface area contributed by atoms with Crippen LogP contribution in [0.1, 0.15) is 21.0 Å². The lowest BCUT2D eigenvalue weighted by Gasteiger charge is -1.99. The predicted octanol–water partition coefficient (Wildman–Crippen LogP) is 0.317. The number of carboxylic acid groups (broad SMARTS) is 1. The van der Waals surface area contributed by atoms with Crippen molar-refractivity contribution in [2.45, 2.75) is 0 Å². The highest BCUT2D eigenvalue weighted by atomic mass is 16.4. The maximum absolute atomic E-state index is 11.4. The molecule has 0 aromatic carbocycles. The number of amides is 1. The standard InChI is InChI=1S/C12H9N5O3/c13-10(18)7-4-6-17(15-7)11-9(12(19)20)16-5-2-1-3-8(16)14-11/h1-6H,(H2,13,18)(H,19,20). The van der Waals surface area contributed by atoms with Gasteiger partial charge in [-0.3, -0.25) is 9.20 Å². The maximum atomic E-state index is 11.4. The first-order chi connectivity index (χ1) is 9.58. The maximum Gasteiger partial charge on any atom is 0.356 e. The average molecular weight is 271 g/mol. The molecule has 8 nitrogen and oxygen atoms in total. The first kappa shape index (κ1) is 11.9. The van der Waals surface area contributed by atoms with Crippen molar-refractivity contribution in [3.63, 3.8) is 0 Å². The molecule has 0 aliphatic rings. The third-order valence-electron chi connectivity index (χ3n) is 2.77.